The SMILES string of the molecule is c1cc(-c2ccc(N(c3ccc4sc5ccccc5c4c3)c3cccc4ccccc34)cc2)cc(-c2ccccc2-n2c3ccccc3c3ccccc32)c1. The molecule has 55 heavy (non-hydrogen) atoms. The van der Waals surface area contributed by atoms with Gasteiger partial charge in [0.1, 0.15) is 0 Å². The van der Waals surface area contributed by atoms with Gasteiger partial charge in [-0.25, -0.2) is 0 Å². The van der Waals surface area contributed by atoms with Gasteiger partial charge >= 0.3 is 0 Å². The van der Waals surface area contributed by atoms with Crippen LogP contribution in [0.1, 0.15) is 0 Å². The van der Waals surface area contributed by atoms with E-state index in [0.717, 1.165) is 17.1 Å². The first kappa shape index (κ1) is 31.6. The second kappa shape index (κ2) is 12.9. The Morgan fingerprint density at radius 3 is 1.78 bits per heavy atom. The van der Waals surface area contributed by atoms with Crippen molar-refractivity contribution in [3.05, 3.63) is 206 Å². The van der Waals surface area contributed by atoms with Gasteiger partial charge in [-0.1, -0.05) is 140 Å². The maximum absolute atomic E-state index is 2.42. The fraction of sp³-hybridized carbons (Fsp3) is 0. The summed E-state index contributed by atoms with van der Waals surface area (Å²) in [4.78, 5) is 2.41. The maximum atomic E-state index is 2.42. The third-order valence-electron chi connectivity index (χ3n) is 11.0. The molecule has 0 saturated heterocycles. The Morgan fingerprint density at radius 1 is 0.364 bits per heavy atom. The molecule has 0 aliphatic carbocycles. The number of para-hydroxylation sites is 3. The van der Waals surface area contributed by atoms with E-state index in [1.165, 1.54) is 80.7 Å². The topological polar surface area (TPSA) is 8.17 Å². The van der Waals surface area contributed by atoms with Crippen molar-refractivity contribution in [3.63, 3.8) is 0 Å². The van der Waals surface area contributed by atoms with Gasteiger partial charge in [-0.05, 0) is 88.8 Å². The van der Waals surface area contributed by atoms with Crippen LogP contribution in [0.25, 0.3) is 80.7 Å². The normalized spacial score (nSPS) is 11.6. The van der Waals surface area contributed by atoms with E-state index in [2.05, 4.69) is 216 Å². The van der Waals surface area contributed by atoms with Crippen molar-refractivity contribution in [2.24, 2.45) is 0 Å². The molecular formula is C52H34N2S. The molecule has 3 heteroatoms. The number of rotatable bonds is 6. The van der Waals surface area contributed by atoms with Crippen molar-refractivity contribution in [3.8, 4) is 27.9 Å². The summed E-state index contributed by atoms with van der Waals surface area (Å²) in [5.41, 5.74) is 11.8. The molecular weight excluding hydrogens is 685 g/mol. The van der Waals surface area contributed by atoms with Crippen molar-refractivity contribution in [2.75, 3.05) is 4.90 Å². The Hall–Kier alpha value is -6.94. The first-order valence-corrected chi connectivity index (χ1v) is 19.6. The molecule has 0 radical (unpaired) electrons. The Morgan fingerprint density at radius 2 is 0.964 bits per heavy atom. The van der Waals surface area contributed by atoms with Crippen molar-refractivity contribution in [1.29, 1.82) is 0 Å². The number of aromatic nitrogens is 1. The molecule has 2 nitrogen and oxygen atoms in total. The number of thiophene rings is 1. The Kier molecular flexibility index (Phi) is 7.39. The average Bonchev–Trinajstić information content (AvgIpc) is 3.80. The highest BCUT2D eigenvalue weighted by Crippen LogP contribution is 2.43. The summed E-state index contributed by atoms with van der Waals surface area (Å²) in [6, 6.07) is 75.2. The molecule has 0 amide bonds. The molecule has 0 bridgehead atoms. The molecule has 2 heterocycles. The Labute approximate surface area is 323 Å². The van der Waals surface area contributed by atoms with E-state index in [0.29, 0.717) is 0 Å². The first-order chi connectivity index (χ1) is 27.3. The summed E-state index contributed by atoms with van der Waals surface area (Å²) < 4.78 is 5.04. The standard InChI is InChI=1S/C52H34N2S/c1-2-17-41-36(13-1)14-12-25-47(41)53(40-31-32-52-46(34-40)45-21-6-10-26-51(45)55-52)39-29-27-35(28-30-39)37-15-11-16-38(33-37)42-18-3-7-22-48(42)54-49-23-8-4-19-43(49)44-20-5-9-24-50(44)54/h1-34H. The van der Waals surface area contributed by atoms with Gasteiger partial charge in [0.15, 0.2) is 0 Å². The quantitative estimate of drug-likeness (QED) is 0.166. The zero-order chi connectivity index (χ0) is 36.3. The Balaban J connectivity index is 1.02. The summed E-state index contributed by atoms with van der Waals surface area (Å²) in [6.07, 6.45) is 0. The molecule has 0 fully saturated rings. The number of hydrogen-bond acceptors (Lipinski definition) is 2. The van der Waals surface area contributed by atoms with Crippen LogP contribution in [0.2, 0.25) is 0 Å². The van der Waals surface area contributed by atoms with E-state index >= 15 is 0 Å². The second-order valence-electron chi connectivity index (χ2n) is 14.1. The van der Waals surface area contributed by atoms with Gasteiger partial charge in [0.25, 0.3) is 0 Å². The predicted molar refractivity (Wildman–Crippen MR) is 237 cm³/mol. The van der Waals surface area contributed by atoms with Crippen molar-refractivity contribution >= 4 is 81.1 Å². The minimum Gasteiger partial charge on any atom is -0.310 e. The van der Waals surface area contributed by atoms with Crippen molar-refractivity contribution in [2.45, 2.75) is 0 Å². The van der Waals surface area contributed by atoms with Gasteiger partial charge in [0.2, 0.25) is 0 Å². The van der Waals surface area contributed by atoms with Crippen LogP contribution < -0.4 is 4.90 Å². The van der Waals surface area contributed by atoms with Crippen LogP contribution in [-0.2, 0) is 0 Å². The van der Waals surface area contributed by atoms with E-state index in [1.807, 2.05) is 11.3 Å². The number of anilines is 3. The second-order valence-corrected chi connectivity index (χ2v) is 15.2. The third kappa shape index (κ3) is 5.24. The van der Waals surface area contributed by atoms with E-state index in [1.54, 1.807) is 0 Å². The van der Waals surface area contributed by atoms with E-state index in [9.17, 15) is 0 Å². The fourth-order valence-corrected chi connectivity index (χ4v) is 9.53. The molecule has 0 unspecified atom stereocenters. The molecule has 9 aromatic carbocycles. The lowest BCUT2D eigenvalue weighted by atomic mass is 9.97. The van der Waals surface area contributed by atoms with Crippen LogP contribution in [0.5, 0.6) is 0 Å². The molecule has 258 valence electrons. The summed E-state index contributed by atoms with van der Waals surface area (Å²) in [7, 11) is 0. The first-order valence-electron chi connectivity index (χ1n) is 18.8. The lowest BCUT2D eigenvalue weighted by Crippen LogP contribution is -2.10. The van der Waals surface area contributed by atoms with Gasteiger partial charge in [0, 0.05) is 53.3 Å². The minimum atomic E-state index is 1.12. The molecule has 0 aliphatic heterocycles. The molecule has 0 atom stereocenters. The highest BCUT2D eigenvalue weighted by Gasteiger charge is 2.18. The minimum absolute atomic E-state index is 1.12. The molecule has 11 aromatic rings. The summed E-state index contributed by atoms with van der Waals surface area (Å²) >= 11 is 1.86. The van der Waals surface area contributed by atoms with Crippen LogP contribution in [0, 0.1) is 0 Å². The van der Waals surface area contributed by atoms with Gasteiger partial charge in [0.05, 0.1) is 22.4 Å². The van der Waals surface area contributed by atoms with Gasteiger partial charge in [-0.3, -0.25) is 0 Å². The number of benzene rings is 9. The smallest absolute Gasteiger partial charge is 0.0541 e. The van der Waals surface area contributed by atoms with Gasteiger partial charge in [-0.2, -0.15) is 0 Å². The van der Waals surface area contributed by atoms with E-state index in [4.69, 9.17) is 0 Å². The van der Waals surface area contributed by atoms with Crippen molar-refractivity contribution in [1.82, 2.24) is 4.57 Å². The van der Waals surface area contributed by atoms with Crippen LogP contribution in [0.15, 0.2) is 206 Å². The molecule has 0 aliphatic rings. The monoisotopic (exact) mass is 718 g/mol. The van der Waals surface area contributed by atoms with Crippen LogP contribution in [0.3, 0.4) is 0 Å². The molecule has 11 rings (SSSR count). The Bertz CT molecular complexity index is 3160. The lowest BCUT2D eigenvalue weighted by Gasteiger charge is -2.27. The van der Waals surface area contributed by atoms with Gasteiger partial charge in [-0.15, -0.1) is 11.3 Å². The molecule has 0 spiro atoms. The largest absolute Gasteiger partial charge is 0.310 e. The fourth-order valence-electron chi connectivity index (χ4n) is 8.45. The highest BCUT2D eigenvalue weighted by atomic mass is 32.1. The number of nitrogens with zero attached hydrogens (tertiary/aromatic N) is 2. The van der Waals surface area contributed by atoms with E-state index in [-0.39, 0.29) is 0 Å². The van der Waals surface area contributed by atoms with Crippen LogP contribution >= 0.6 is 11.3 Å². The number of fused-ring (bicyclic) bond motifs is 7. The van der Waals surface area contributed by atoms with Crippen LogP contribution in [-0.4, -0.2) is 4.57 Å². The zero-order valence-corrected chi connectivity index (χ0v) is 30.7. The summed E-state index contributed by atoms with van der Waals surface area (Å²) in [5.74, 6) is 0. The predicted octanol–water partition coefficient (Wildman–Crippen LogP) is 15.1. The lowest BCUT2D eigenvalue weighted by molar-refractivity contribution is 1.18. The maximum Gasteiger partial charge on any atom is 0.0541 e. The van der Waals surface area contributed by atoms with E-state index < -0.39 is 0 Å². The number of hydrogen-bond donors (Lipinski definition) is 0. The molecule has 2 aromatic heterocycles. The molecule has 0 saturated carbocycles. The zero-order valence-electron chi connectivity index (χ0n) is 29.9. The van der Waals surface area contributed by atoms with Gasteiger partial charge < -0.3 is 9.47 Å². The summed E-state index contributed by atoms with van der Waals surface area (Å²) in [5, 5.41) is 7.57. The molecule has 0 N–H and O–H groups in total. The van der Waals surface area contributed by atoms with Crippen molar-refractivity contribution < 1.29 is 0 Å². The van der Waals surface area contributed by atoms with Crippen LogP contribution in [0.4, 0.5) is 17.1 Å². The average molecular weight is 719 g/mol. The highest BCUT2D eigenvalue weighted by molar-refractivity contribution is 7.25. The third-order valence-corrected chi connectivity index (χ3v) is 12.1. The summed E-state index contributed by atoms with van der Waals surface area (Å²) in [6.45, 7) is 0.